The third-order valence-corrected chi connectivity index (χ3v) is 6.22. The van der Waals surface area contributed by atoms with Gasteiger partial charge in [-0.15, -0.1) is 11.3 Å². The van der Waals surface area contributed by atoms with E-state index in [0.717, 1.165) is 34.5 Å². The number of nitrogens with zero attached hydrogens (tertiary/aromatic N) is 2. The molecule has 0 radical (unpaired) electrons. The molecular formula is C21H27N3O2S. The maximum atomic E-state index is 13.1. The van der Waals surface area contributed by atoms with Crippen LogP contribution < -0.4 is 5.32 Å². The Balaban J connectivity index is 1.74. The predicted molar refractivity (Wildman–Crippen MR) is 111 cm³/mol. The van der Waals surface area contributed by atoms with Gasteiger partial charge in [-0.3, -0.25) is 9.59 Å². The highest BCUT2D eigenvalue weighted by atomic mass is 32.1. The van der Waals surface area contributed by atoms with Crippen LogP contribution in [0.4, 0.5) is 0 Å². The summed E-state index contributed by atoms with van der Waals surface area (Å²) in [6.45, 7) is 5.28. The van der Waals surface area contributed by atoms with Crippen molar-refractivity contribution in [2.45, 2.75) is 51.5 Å². The normalized spacial score (nSPS) is 16.5. The molecule has 1 aromatic carbocycles. The number of likely N-dealkylation sites (N-methyl/N-ethyl adjacent to an activating group) is 1. The van der Waals surface area contributed by atoms with Crippen molar-refractivity contribution >= 4 is 39.4 Å². The third-order valence-electron chi connectivity index (χ3n) is 5.22. The van der Waals surface area contributed by atoms with E-state index in [1.807, 2.05) is 43.0 Å². The highest BCUT2D eigenvalue weighted by molar-refractivity contribution is 7.19. The SMILES string of the molecule is CCN(CC)C(=O)C1(NC(=O)/C=C/c2nc3ccccc3s2)CCCCC1. The number of hydrogen-bond donors (Lipinski definition) is 1. The lowest BCUT2D eigenvalue weighted by Gasteiger charge is -2.39. The minimum Gasteiger partial charge on any atom is -0.341 e. The first-order chi connectivity index (χ1) is 13.1. The summed E-state index contributed by atoms with van der Waals surface area (Å²) in [7, 11) is 0. The Hall–Kier alpha value is -2.21. The molecule has 0 saturated heterocycles. The molecule has 2 aromatic rings. The van der Waals surface area contributed by atoms with Gasteiger partial charge < -0.3 is 10.2 Å². The molecule has 0 aliphatic heterocycles. The van der Waals surface area contributed by atoms with Crippen LogP contribution in [0.2, 0.25) is 0 Å². The Kier molecular flexibility index (Phi) is 6.26. The molecule has 27 heavy (non-hydrogen) atoms. The van der Waals surface area contributed by atoms with E-state index in [0.29, 0.717) is 25.9 Å². The van der Waals surface area contributed by atoms with Gasteiger partial charge in [-0.1, -0.05) is 31.4 Å². The Morgan fingerprint density at radius 2 is 1.89 bits per heavy atom. The second-order valence-electron chi connectivity index (χ2n) is 6.96. The lowest BCUT2D eigenvalue weighted by molar-refractivity contribution is -0.142. The number of aromatic nitrogens is 1. The standard InChI is InChI=1S/C21H27N3O2S/c1-3-24(4-2)20(26)21(14-8-5-9-15-21)23-18(25)12-13-19-22-16-10-6-7-11-17(16)27-19/h6-7,10-13H,3-5,8-9,14-15H2,1-2H3,(H,23,25)/b13-12+. The van der Waals surface area contributed by atoms with E-state index in [9.17, 15) is 9.59 Å². The molecule has 144 valence electrons. The number of thiazole rings is 1. The van der Waals surface area contributed by atoms with E-state index in [4.69, 9.17) is 0 Å². The zero-order valence-corrected chi connectivity index (χ0v) is 16.8. The zero-order chi connectivity index (χ0) is 19.3. The van der Waals surface area contributed by atoms with Gasteiger partial charge in [-0.25, -0.2) is 4.98 Å². The minimum absolute atomic E-state index is 0.0499. The van der Waals surface area contributed by atoms with Crippen molar-refractivity contribution in [3.05, 3.63) is 35.3 Å². The molecule has 1 aromatic heterocycles. The number of carbonyl (C=O) groups is 2. The number of para-hydroxylation sites is 1. The molecule has 1 fully saturated rings. The Bertz CT molecular complexity index is 800. The molecule has 0 atom stereocenters. The van der Waals surface area contributed by atoms with Crippen LogP contribution in [0, 0.1) is 0 Å². The van der Waals surface area contributed by atoms with Crippen molar-refractivity contribution < 1.29 is 9.59 Å². The highest BCUT2D eigenvalue weighted by Crippen LogP contribution is 2.30. The van der Waals surface area contributed by atoms with Gasteiger partial charge in [-0.05, 0) is 44.9 Å². The molecule has 3 rings (SSSR count). The molecule has 0 unspecified atom stereocenters. The summed E-state index contributed by atoms with van der Waals surface area (Å²) >= 11 is 1.55. The monoisotopic (exact) mass is 385 g/mol. The summed E-state index contributed by atoms with van der Waals surface area (Å²) in [6.07, 6.45) is 7.71. The lowest BCUT2D eigenvalue weighted by Crippen LogP contribution is -2.60. The number of nitrogens with one attached hydrogen (secondary N) is 1. The van der Waals surface area contributed by atoms with Crippen LogP contribution in [0.25, 0.3) is 16.3 Å². The van der Waals surface area contributed by atoms with Crippen molar-refractivity contribution in [2.75, 3.05) is 13.1 Å². The fraction of sp³-hybridized carbons (Fsp3) is 0.476. The third kappa shape index (κ3) is 4.38. The second-order valence-corrected chi connectivity index (χ2v) is 8.02. The van der Waals surface area contributed by atoms with Crippen molar-refractivity contribution in [3.63, 3.8) is 0 Å². The van der Waals surface area contributed by atoms with E-state index >= 15 is 0 Å². The molecule has 1 heterocycles. The molecule has 2 amide bonds. The summed E-state index contributed by atoms with van der Waals surface area (Å²) in [6, 6.07) is 7.91. The van der Waals surface area contributed by atoms with Gasteiger partial charge in [0.1, 0.15) is 10.5 Å². The van der Waals surface area contributed by atoms with E-state index < -0.39 is 5.54 Å². The van der Waals surface area contributed by atoms with Crippen LogP contribution in [0.15, 0.2) is 30.3 Å². The van der Waals surface area contributed by atoms with Gasteiger partial charge >= 0.3 is 0 Å². The van der Waals surface area contributed by atoms with Crippen molar-refractivity contribution in [2.24, 2.45) is 0 Å². The maximum Gasteiger partial charge on any atom is 0.248 e. The summed E-state index contributed by atoms with van der Waals surface area (Å²) in [5.74, 6) is -0.175. The van der Waals surface area contributed by atoms with E-state index in [-0.39, 0.29) is 11.8 Å². The van der Waals surface area contributed by atoms with Crippen LogP contribution >= 0.6 is 11.3 Å². The van der Waals surface area contributed by atoms with Crippen LogP contribution in [0.3, 0.4) is 0 Å². The summed E-state index contributed by atoms with van der Waals surface area (Å²) in [4.78, 5) is 32.0. The fourth-order valence-corrected chi connectivity index (χ4v) is 4.62. The van der Waals surface area contributed by atoms with Crippen molar-refractivity contribution in [3.8, 4) is 0 Å². The Morgan fingerprint density at radius 1 is 1.19 bits per heavy atom. The molecule has 1 saturated carbocycles. The minimum atomic E-state index is -0.765. The first-order valence-corrected chi connectivity index (χ1v) is 10.5. The van der Waals surface area contributed by atoms with Crippen LogP contribution in [-0.2, 0) is 9.59 Å². The quantitative estimate of drug-likeness (QED) is 0.765. The fourth-order valence-electron chi connectivity index (χ4n) is 3.75. The Morgan fingerprint density at radius 3 is 2.56 bits per heavy atom. The molecular weight excluding hydrogens is 358 g/mol. The Labute approximate surface area is 164 Å². The number of amides is 2. The van der Waals surface area contributed by atoms with E-state index in [1.54, 1.807) is 17.4 Å². The van der Waals surface area contributed by atoms with Gasteiger partial charge in [0.05, 0.1) is 10.2 Å². The molecule has 1 aliphatic rings. The number of hydrogen-bond acceptors (Lipinski definition) is 4. The number of fused-ring (bicyclic) bond motifs is 1. The predicted octanol–water partition coefficient (Wildman–Crippen LogP) is 4.00. The molecule has 5 nitrogen and oxygen atoms in total. The van der Waals surface area contributed by atoms with E-state index in [2.05, 4.69) is 10.3 Å². The van der Waals surface area contributed by atoms with Crippen molar-refractivity contribution in [1.29, 1.82) is 0 Å². The first-order valence-electron chi connectivity index (χ1n) is 9.73. The van der Waals surface area contributed by atoms with Crippen LogP contribution in [0.5, 0.6) is 0 Å². The topological polar surface area (TPSA) is 62.3 Å². The van der Waals surface area contributed by atoms with E-state index in [1.165, 1.54) is 6.08 Å². The summed E-state index contributed by atoms with van der Waals surface area (Å²) < 4.78 is 1.10. The lowest BCUT2D eigenvalue weighted by atomic mass is 9.80. The molecule has 6 heteroatoms. The second kappa shape index (κ2) is 8.65. The first kappa shape index (κ1) is 19.5. The highest BCUT2D eigenvalue weighted by Gasteiger charge is 2.42. The molecule has 1 N–H and O–H groups in total. The number of benzene rings is 1. The molecule has 0 bridgehead atoms. The smallest absolute Gasteiger partial charge is 0.248 e. The van der Waals surface area contributed by atoms with Gasteiger partial charge in [0.2, 0.25) is 11.8 Å². The van der Waals surface area contributed by atoms with Crippen LogP contribution in [0.1, 0.15) is 51.0 Å². The van der Waals surface area contributed by atoms with Gasteiger partial charge in [0.15, 0.2) is 0 Å². The number of rotatable bonds is 6. The maximum absolute atomic E-state index is 13.1. The van der Waals surface area contributed by atoms with Crippen molar-refractivity contribution in [1.82, 2.24) is 15.2 Å². The summed E-state index contributed by atoms with van der Waals surface area (Å²) in [5, 5.41) is 3.84. The molecule has 0 spiro atoms. The average molecular weight is 386 g/mol. The molecule has 1 aliphatic carbocycles. The summed E-state index contributed by atoms with van der Waals surface area (Å²) in [5.41, 5.74) is 0.169. The van der Waals surface area contributed by atoms with Crippen LogP contribution in [-0.4, -0.2) is 40.3 Å². The zero-order valence-electron chi connectivity index (χ0n) is 16.0. The van der Waals surface area contributed by atoms with Gasteiger partial charge in [0.25, 0.3) is 0 Å². The number of carbonyl (C=O) groups excluding carboxylic acids is 2. The average Bonchev–Trinajstić information content (AvgIpc) is 3.11. The van der Waals surface area contributed by atoms with Gasteiger partial charge in [-0.2, -0.15) is 0 Å². The van der Waals surface area contributed by atoms with Gasteiger partial charge in [0, 0.05) is 19.2 Å². The largest absolute Gasteiger partial charge is 0.341 e.